The van der Waals surface area contributed by atoms with Crippen molar-refractivity contribution >= 4 is 29.3 Å². The lowest BCUT2D eigenvalue weighted by Crippen LogP contribution is -2.45. The summed E-state index contributed by atoms with van der Waals surface area (Å²) in [5, 5.41) is 5.67. The van der Waals surface area contributed by atoms with Crippen molar-refractivity contribution in [2.75, 3.05) is 5.32 Å². The van der Waals surface area contributed by atoms with Crippen molar-refractivity contribution in [3.63, 3.8) is 0 Å². The highest BCUT2D eigenvalue weighted by atomic mass is 32.2. The molecule has 0 bridgehead atoms. The fraction of sp³-hybridized carbons (Fsp3) is 0.138. The van der Waals surface area contributed by atoms with Crippen molar-refractivity contribution in [1.29, 1.82) is 0 Å². The number of pyridine rings is 1. The molecule has 0 radical (unpaired) electrons. The van der Waals surface area contributed by atoms with Gasteiger partial charge < -0.3 is 10.6 Å². The third kappa shape index (κ3) is 7.02. The smallest absolute Gasteiger partial charge is 0.270 e. The van der Waals surface area contributed by atoms with Crippen molar-refractivity contribution in [1.82, 2.24) is 10.3 Å². The van der Waals surface area contributed by atoms with Gasteiger partial charge in [0, 0.05) is 22.8 Å². The maximum atomic E-state index is 13.2. The summed E-state index contributed by atoms with van der Waals surface area (Å²) in [6.07, 6.45) is 1.27. The Morgan fingerprint density at radius 3 is 2.25 bits per heavy atom. The quantitative estimate of drug-likeness (QED) is 0.286. The predicted molar refractivity (Wildman–Crippen MR) is 141 cm³/mol. The zero-order chi connectivity index (χ0) is 25.3. The highest BCUT2D eigenvalue weighted by molar-refractivity contribution is 7.98. The third-order valence-electron chi connectivity index (χ3n) is 5.54. The molecule has 0 aliphatic carbocycles. The van der Waals surface area contributed by atoms with E-state index in [4.69, 9.17) is 0 Å². The van der Waals surface area contributed by atoms with Gasteiger partial charge in [-0.2, -0.15) is 0 Å². The number of nitrogens with zero attached hydrogens (tertiary/aromatic N) is 1. The lowest BCUT2D eigenvalue weighted by atomic mass is 10.0. The number of aromatic nitrogens is 1. The Morgan fingerprint density at radius 2 is 1.61 bits per heavy atom. The average Bonchev–Trinajstić information content (AvgIpc) is 2.89. The van der Waals surface area contributed by atoms with Gasteiger partial charge in [-0.05, 0) is 53.9 Å². The molecule has 1 heterocycles. The van der Waals surface area contributed by atoms with Crippen LogP contribution in [0.3, 0.4) is 0 Å². The van der Waals surface area contributed by atoms with E-state index >= 15 is 0 Å². The van der Waals surface area contributed by atoms with Crippen molar-refractivity contribution in [3.05, 3.63) is 125 Å². The van der Waals surface area contributed by atoms with E-state index in [9.17, 15) is 14.0 Å². The first-order valence-electron chi connectivity index (χ1n) is 11.5. The second-order valence-corrected chi connectivity index (χ2v) is 9.34. The van der Waals surface area contributed by atoms with Crippen molar-refractivity contribution in [2.45, 2.75) is 30.0 Å². The fourth-order valence-corrected chi connectivity index (χ4v) is 4.62. The second kappa shape index (κ2) is 12.1. The Morgan fingerprint density at radius 1 is 0.917 bits per heavy atom. The van der Waals surface area contributed by atoms with E-state index in [0.717, 1.165) is 34.0 Å². The van der Waals surface area contributed by atoms with E-state index in [2.05, 4.69) is 27.8 Å². The summed E-state index contributed by atoms with van der Waals surface area (Å²) in [4.78, 5) is 30.9. The van der Waals surface area contributed by atoms with Crippen LogP contribution >= 0.6 is 11.8 Å². The Balaban J connectivity index is 1.45. The maximum absolute atomic E-state index is 13.2. The van der Waals surface area contributed by atoms with Crippen LogP contribution in [-0.2, 0) is 17.0 Å². The summed E-state index contributed by atoms with van der Waals surface area (Å²) in [6, 6.07) is 27.1. The fourth-order valence-electron chi connectivity index (χ4n) is 3.66. The molecule has 0 fully saturated rings. The van der Waals surface area contributed by atoms with E-state index < -0.39 is 17.8 Å². The number of thioether (sulfide) groups is 1. The number of aryl methyl sites for hydroxylation is 1. The zero-order valence-corrected chi connectivity index (χ0v) is 20.6. The van der Waals surface area contributed by atoms with Gasteiger partial charge in [-0.25, -0.2) is 9.37 Å². The molecule has 3 aromatic carbocycles. The topological polar surface area (TPSA) is 71.1 Å². The maximum Gasteiger partial charge on any atom is 0.270 e. The van der Waals surface area contributed by atoms with Crippen LogP contribution in [0.1, 0.15) is 27.2 Å². The number of amides is 2. The van der Waals surface area contributed by atoms with Crippen LogP contribution in [0, 0.1) is 12.7 Å². The molecule has 0 aliphatic heterocycles. The summed E-state index contributed by atoms with van der Waals surface area (Å²) in [6.45, 7) is 2.01. The van der Waals surface area contributed by atoms with Crippen LogP contribution in [0.4, 0.5) is 10.1 Å². The van der Waals surface area contributed by atoms with Crippen LogP contribution < -0.4 is 10.6 Å². The van der Waals surface area contributed by atoms with E-state index in [1.54, 1.807) is 11.8 Å². The van der Waals surface area contributed by atoms with Crippen LogP contribution in [0.15, 0.2) is 102 Å². The lowest BCUT2D eigenvalue weighted by Gasteiger charge is -2.19. The first kappa shape index (κ1) is 25.1. The first-order valence-corrected chi connectivity index (χ1v) is 12.5. The minimum Gasteiger partial charge on any atom is -0.339 e. The average molecular weight is 500 g/mol. The van der Waals surface area contributed by atoms with Gasteiger partial charge >= 0.3 is 0 Å². The number of nitrogens with one attached hydrogen (secondary N) is 2. The van der Waals surface area contributed by atoms with Gasteiger partial charge in [0.15, 0.2) is 0 Å². The molecule has 2 amide bonds. The van der Waals surface area contributed by atoms with Gasteiger partial charge in [-0.3, -0.25) is 9.59 Å². The molecule has 1 aromatic heterocycles. The standard InChI is InChI=1S/C29H26FN3O2S/c1-20-16-24(13-15-27(20)36-19-22-10-6-3-7-11-22)32-29(35)26(17-21-8-4-2-5-9-21)33-28(34)25-14-12-23(30)18-31-25/h2-16,18,26H,17,19H2,1H3,(H,32,35)(H,33,34). The molecule has 5 nitrogen and oxygen atoms in total. The zero-order valence-electron chi connectivity index (χ0n) is 19.8. The highest BCUT2D eigenvalue weighted by Gasteiger charge is 2.23. The van der Waals surface area contributed by atoms with E-state index in [1.165, 1.54) is 11.6 Å². The number of anilines is 1. The molecule has 4 rings (SSSR count). The molecule has 182 valence electrons. The first-order chi connectivity index (χ1) is 17.5. The minimum atomic E-state index is -0.848. The van der Waals surface area contributed by atoms with E-state index in [1.807, 2.05) is 73.7 Å². The largest absolute Gasteiger partial charge is 0.339 e. The molecule has 0 spiro atoms. The number of hydrogen-bond acceptors (Lipinski definition) is 4. The van der Waals surface area contributed by atoms with Gasteiger partial charge in [0.25, 0.3) is 5.91 Å². The molecule has 2 N–H and O–H groups in total. The molecule has 0 saturated heterocycles. The van der Waals surface area contributed by atoms with Crippen molar-refractivity contribution in [2.24, 2.45) is 0 Å². The van der Waals surface area contributed by atoms with Gasteiger partial charge in [0.05, 0.1) is 6.20 Å². The SMILES string of the molecule is Cc1cc(NC(=O)C(Cc2ccccc2)NC(=O)c2ccc(F)cn2)ccc1SCc1ccccc1. The normalized spacial score (nSPS) is 11.5. The third-order valence-corrected chi connectivity index (χ3v) is 6.79. The summed E-state index contributed by atoms with van der Waals surface area (Å²) in [5.74, 6) is -0.574. The molecular weight excluding hydrogens is 473 g/mol. The Bertz CT molecular complexity index is 1320. The van der Waals surface area contributed by atoms with Crippen molar-refractivity contribution < 1.29 is 14.0 Å². The predicted octanol–water partition coefficient (Wildman–Crippen LogP) is 5.80. The van der Waals surface area contributed by atoms with Gasteiger partial charge in [-0.1, -0.05) is 60.7 Å². The summed E-state index contributed by atoms with van der Waals surface area (Å²) in [5.41, 5.74) is 3.88. The Hall–Kier alpha value is -3.97. The molecule has 0 saturated carbocycles. The summed E-state index contributed by atoms with van der Waals surface area (Å²) < 4.78 is 13.2. The Labute approximate surface area is 214 Å². The number of halogens is 1. The van der Waals surface area contributed by atoms with E-state index in [0.29, 0.717) is 12.1 Å². The summed E-state index contributed by atoms with van der Waals surface area (Å²) in [7, 11) is 0. The molecule has 36 heavy (non-hydrogen) atoms. The number of hydrogen-bond donors (Lipinski definition) is 2. The van der Waals surface area contributed by atoms with Crippen LogP contribution in [-0.4, -0.2) is 22.8 Å². The van der Waals surface area contributed by atoms with Gasteiger partial charge in [-0.15, -0.1) is 11.8 Å². The van der Waals surface area contributed by atoms with Crippen LogP contribution in [0.5, 0.6) is 0 Å². The molecule has 1 unspecified atom stereocenters. The minimum absolute atomic E-state index is 0.0397. The number of rotatable bonds is 9. The Kier molecular flexibility index (Phi) is 8.47. The number of carbonyl (C=O) groups is 2. The molecule has 1 atom stereocenters. The monoisotopic (exact) mass is 499 g/mol. The number of carbonyl (C=O) groups excluding carboxylic acids is 2. The van der Waals surface area contributed by atoms with Crippen LogP contribution in [0.25, 0.3) is 0 Å². The van der Waals surface area contributed by atoms with E-state index in [-0.39, 0.29) is 11.6 Å². The number of benzene rings is 3. The van der Waals surface area contributed by atoms with Crippen molar-refractivity contribution in [3.8, 4) is 0 Å². The van der Waals surface area contributed by atoms with Gasteiger partial charge in [0.2, 0.25) is 5.91 Å². The molecular formula is C29H26FN3O2S. The second-order valence-electron chi connectivity index (χ2n) is 8.32. The molecule has 7 heteroatoms. The summed E-state index contributed by atoms with van der Waals surface area (Å²) >= 11 is 1.74. The highest BCUT2D eigenvalue weighted by Crippen LogP contribution is 2.28. The van der Waals surface area contributed by atoms with Gasteiger partial charge in [0.1, 0.15) is 17.6 Å². The molecule has 0 aliphatic rings. The van der Waals surface area contributed by atoms with Crippen LogP contribution in [0.2, 0.25) is 0 Å². The molecule has 4 aromatic rings. The lowest BCUT2D eigenvalue weighted by molar-refractivity contribution is -0.118.